The number of ether oxygens (including phenoxy) is 2. The first-order valence-corrected chi connectivity index (χ1v) is 7.15. The van der Waals surface area contributed by atoms with Gasteiger partial charge in [-0.15, -0.1) is 0 Å². The number of fused-ring (bicyclic) bond motifs is 1. The molecule has 110 valence electrons. The van der Waals surface area contributed by atoms with Crippen molar-refractivity contribution in [3.63, 3.8) is 0 Å². The topological polar surface area (TPSA) is 30.5 Å². The van der Waals surface area contributed by atoms with Gasteiger partial charge in [0.1, 0.15) is 19.0 Å². The molecule has 0 bridgehead atoms. The lowest BCUT2D eigenvalue weighted by molar-refractivity contribution is 0.171. The minimum Gasteiger partial charge on any atom is -0.486 e. The average molecular weight is 328 g/mol. The molecular formula is C15H12Cl2FNO2. The van der Waals surface area contributed by atoms with Crippen molar-refractivity contribution in [1.29, 1.82) is 0 Å². The Labute approximate surface area is 131 Å². The second-order valence-electron chi connectivity index (χ2n) is 4.61. The fourth-order valence-corrected chi connectivity index (χ4v) is 2.57. The van der Waals surface area contributed by atoms with E-state index >= 15 is 0 Å². The lowest BCUT2D eigenvalue weighted by atomic mass is 10.2. The van der Waals surface area contributed by atoms with Crippen LogP contribution in [0.3, 0.4) is 0 Å². The number of halogens is 3. The molecule has 0 fully saturated rings. The van der Waals surface area contributed by atoms with Crippen molar-refractivity contribution in [1.82, 2.24) is 0 Å². The third-order valence-electron chi connectivity index (χ3n) is 3.04. The molecular weight excluding hydrogens is 316 g/mol. The van der Waals surface area contributed by atoms with E-state index in [2.05, 4.69) is 5.32 Å². The minimum absolute atomic E-state index is 0.361. The molecule has 1 heterocycles. The summed E-state index contributed by atoms with van der Waals surface area (Å²) >= 11 is 12.0. The first-order chi connectivity index (χ1) is 10.1. The molecule has 0 saturated carbocycles. The highest BCUT2D eigenvalue weighted by atomic mass is 35.5. The van der Waals surface area contributed by atoms with Crippen LogP contribution >= 0.6 is 23.2 Å². The summed E-state index contributed by atoms with van der Waals surface area (Å²) in [7, 11) is 0. The molecule has 0 amide bonds. The third-order valence-corrected chi connectivity index (χ3v) is 3.57. The van der Waals surface area contributed by atoms with Crippen LogP contribution in [0.25, 0.3) is 0 Å². The minimum atomic E-state index is -0.368. The summed E-state index contributed by atoms with van der Waals surface area (Å²) in [4.78, 5) is 0. The molecule has 6 heteroatoms. The van der Waals surface area contributed by atoms with Gasteiger partial charge in [-0.3, -0.25) is 0 Å². The normalized spacial score (nSPS) is 13.1. The van der Waals surface area contributed by atoms with E-state index in [-0.39, 0.29) is 5.82 Å². The van der Waals surface area contributed by atoms with E-state index < -0.39 is 0 Å². The van der Waals surface area contributed by atoms with Gasteiger partial charge < -0.3 is 14.8 Å². The second kappa shape index (κ2) is 6.00. The Balaban J connectivity index is 1.78. The molecule has 3 nitrogen and oxygen atoms in total. The van der Waals surface area contributed by atoms with Gasteiger partial charge in [0.2, 0.25) is 0 Å². The van der Waals surface area contributed by atoms with Crippen molar-refractivity contribution in [3.8, 4) is 11.5 Å². The van der Waals surface area contributed by atoms with Crippen molar-refractivity contribution in [2.75, 3.05) is 18.5 Å². The Morgan fingerprint density at radius 2 is 1.71 bits per heavy atom. The third kappa shape index (κ3) is 3.34. The predicted octanol–water partition coefficient (Wildman–Crippen LogP) is 4.52. The van der Waals surface area contributed by atoms with E-state index in [9.17, 15) is 4.39 Å². The van der Waals surface area contributed by atoms with Gasteiger partial charge in [0.15, 0.2) is 11.5 Å². The molecule has 0 unspecified atom stereocenters. The Kier molecular flexibility index (Phi) is 4.08. The van der Waals surface area contributed by atoms with Gasteiger partial charge in [-0.05, 0) is 23.8 Å². The van der Waals surface area contributed by atoms with Crippen LogP contribution in [-0.2, 0) is 6.54 Å². The number of anilines is 1. The summed E-state index contributed by atoms with van der Waals surface area (Å²) in [5.41, 5.74) is 1.42. The molecule has 0 aliphatic carbocycles. The molecule has 1 aliphatic heterocycles. The summed E-state index contributed by atoms with van der Waals surface area (Å²) in [6.07, 6.45) is 0. The Hall–Kier alpha value is -1.65. The molecule has 0 aromatic heterocycles. The van der Waals surface area contributed by atoms with E-state index in [0.29, 0.717) is 47.0 Å². The summed E-state index contributed by atoms with van der Waals surface area (Å²) in [5.74, 6) is 0.906. The van der Waals surface area contributed by atoms with E-state index in [1.54, 1.807) is 18.2 Å². The van der Waals surface area contributed by atoms with Gasteiger partial charge in [-0.2, -0.15) is 0 Å². The van der Waals surface area contributed by atoms with Crippen LogP contribution in [0.4, 0.5) is 10.1 Å². The number of rotatable bonds is 3. The first-order valence-electron chi connectivity index (χ1n) is 6.40. The maximum atomic E-state index is 13.3. The number of hydrogen-bond acceptors (Lipinski definition) is 3. The first kappa shape index (κ1) is 14.3. The lowest BCUT2D eigenvalue weighted by Crippen LogP contribution is -2.15. The number of hydrogen-bond donors (Lipinski definition) is 1. The maximum Gasteiger partial charge on any atom is 0.163 e. The van der Waals surface area contributed by atoms with Gasteiger partial charge in [0.25, 0.3) is 0 Å². The van der Waals surface area contributed by atoms with Crippen molar-refractivity contribution in [2.24, 2.45) is 0 Å². The number of benzene rings is 2. The lowest BCUT2D eigenvalue weighted by Gasteiger charge is -2.20. The van der Waals surface area contributed by atoms with E-state index in [0.717, 1.165) is 5.56 Å². The van der Waals surface area contributed by atoms with Crippen LogP contribution < -0.4 is 14.8 Å². The standard InChI is InChI=1S/C15H12Cl2FNO2/c16-10-3-9(4-11(18)5-10)8-19-13-7-15-14(6-12(13)17)20-1-2-21-15/h3-7,19H,1-2,8H2. The van der Waals surface area contributed by atoms with Gasteiger partial charge >= 0.3 is 0 Å². The smallest absolute Gasteiger partial charge is 0.163 e. The molecule has 2 aromatic rings. The van der Waals surface area contributed by atoms with Crippen molar-refractivity contribution in [2.45, 2.75) is 6.54 Å². The van der Waals surface area contributed by atoms with Crippen molar-refractivity contribution in [3.05, 3.63) is 51.8 Å². The van der Waals surface area contributed by atoms with E-state index in [4.69, 9.17) is 32.7 Å². The van der Waals surface area contributed by atoms with E-state index in [1.165, 1.54) is 12.1 Å². The highest BCUT2D eigenvalue weighted by Crippen LogP contribution is 2.38. The van der Waals surface area contributed by atoms with Crippen molar-refractivity contribution >= 4 is 28.9 Å². The molecule has 0 spiro atoms. The number of nitrogens with one attached hydrogen (secondary N) is 1. The van der Waals surface area contributed by atoms with Crippen LogP contribution in [-0.4, -0.2) is 13.2 Å². The molecule has 3 rings (SSSR count). The van der Waals surface area contributed by atoms with Crippen LogP contribution in [0.2, 0.25) is 10.0 Å². The molecule has 21 heavy (non-hydrogen) atoms. The van der Waals surface area contributed by atoms with Crippen LogP contribution in [0.1, 0.15) is 5.56 Å². The van der Waals surface area contributed by atoms with Crippen LogP contribution in [0, 0.1) is 5.82 Å². The molecule has 0 atom stereocenters. The van der Waals surface area contributed by atoms with Crippen LogP contribution in [0.5, 0.6) is 11.5 Å². The zero-order valence-corrected chi connectivity index (χ0v) is 12.5. The molecule has 0 radical (unpaired) electrons. The summed E-state index contributed by atoms with van der Waals surface area (Å²) < 4.78 is 24.2. The monoisotopic (exact) mass is 327 g/mol. The Bertz CT molecular complexity index is 659. The van der Waals surface area contributed by atoms with Gasteiger partial charge in [0.05, 0.1) is 10.7 Å². The zero-order chi connectivity index (χ0) is 14.8. The van der Waals surface area contributed by atoms with Gasteiger partial charge in [-0.25, -0.2) is 4.39 Å². The highest BCUT2D eigenvalue weighted by molar-refractivity contribution is 6.33. The Morgan fingerprint density at radius 3 is 2.43 bits per heavy atom. The second-order valence-corrected chi connectivity index (χ2v) is 5.45. The van der Waals surface area contributed by atoms with Crippen molar-refractivity contribution < 1.29 is 13.9 Å². The molecule has 1 aliphatic rings. The van der Waals surface area contributed by atoms with Crippen LogP contribution in [0.15, 0.2) is 30.3 Å². The summed E-state index contributed by atoms with van der Waals surface area (Å²) in [6, 6.07) is 7.87. The molecule has 2 aromatic carbocycles. The maximum absolute atomic E-state index is 13.3. The highest BCUT2D eigenvalue weighted by Gasteiger charge is 2.15. The fourth-order valence-electron chi connectivity index (χ4n) is 2.11. The zero-order valence-electron chi connectivity index (χ0n) is 11.0. The average Bonchev–Trinajstić information content (AvgIpc) is 2.44. The molecule has 0 saturated heterocycles. The summed E-state index contributed by atoms with van der Waals surface area (Å²) in [6.45, 7) is 1.42. The largest absolute Gasteiger partial charge is 0.486 e. The molecule has 1 N–H and O–H groups in total. The van der Waals surface area contributed by atoms with Gasteiger partial charge in [0, 0.05) is 23.7 Å². The van der Waals surface area contributed by atoms with Gasteiger partial charge in [-0.1, -0.05) is 23.2 Å². The van der Waals surface area contributed by atoms with E-state index in [1.807, 2.05) is 0 Å². The predicted molar refractivity (Wildman–Crippen MR) is 81.2 cm³/mol. The summed E-state index contributed by atoms with van der Waals surface area (Å²) in [5, 5.41) is 4.02. The SMILES string of the molecule is Fc1cc(Cl)cc(CNc2cc3c(cc2Cl)OCCO3)c1. The quantitative estimate of drug-likeness (QED) is 0.899. The Morgan fingerprint density at radius 1 is 1.00 bits per heavy atom. The fraction of sp³-hybridized carbons (Fsp3) is 0.200.